The van der Waals surface area contributed by atoms with Gasteiger partial charge >= 0.3 is 6.03 Å². The van der Waals surface area contributed by atoms with Crippen LogP contribution < -0.4 is 20.4 Å². The van der Waals surface area contributed by atoms with E-state index >= 15 is 0 Å². The molecule has 5 amide bonds. The Balaban J connectivity index is 0.888. The van der Waals surface area contributed by atoms with Gasteiger partial charge in [0.25, 0.3) is 11.8 Å². The summed E-state index contributed by atoms with van der Waals surface area (Å²) in [5, 5.41) is 21.1. The van der Waals surface area contributed by atoms with Gasteiger partial charge < -0.3 is 19.9 Å². The Morgan fingerprint density at radius 2 is 1.75 bits per heavy atom. The third-order valence-electron chi connectivity index (χ3n) is 9.79. The molecule has 2 saturated heterocycles. The summed E-state index contributed by atoms with van der Waals surface area (Å²) in [6.07, 6.45) is 1.46. The van der Waals surface area contributed by atoms with E-state index < -0.39 is 12.1 Å². The number of methoxy groups -OCH3 is 1. The van der Waals surface area contributed by atoms with Crippen LogP contribution >= 0.6 is 0 Å². The van der Waals surface area contributed by atoms with Crippen molar-refractivity contribution in [3.63, 3.8) is 0 Å². The lowest BCUT2D eigenvalue weighted by molar-refractivity contribution is -0.143. The fourth-order valence-corrected chi connectivity index (χ4v) is 6.89. The molecule has 0 bridgehead atoms. The fraction of sp³-hybridized carbons (Fsp3) is 0.361. The maximum absolute atomic E-state index is 13.3. The Hall–Kier alpha value is -5.67. The number of benzene rings is 2. The molecule has 7 rings (SSSR count). The van der Waals surface area contributed by atoms with Gasteiger partial charge in [0.1, 0.15) is 0 Å². The molecule has 4 aromatic rings. The molecule has 0 unspecified atom stereocenters. The SMILES string of the molecule is CO[C@@H](C(=O)N1Cc2[nH]nc(NC(=O)c3ccc(N4CCC(N(C)Cc5ccc(N6CCC(=O)NC6=O)nn5)CC4)cc3)c2C1)c1ccccc1. The van der Waals surface area contributed by atoms with E-state index in [1.807, 2.05) is 60.7 Å². The number of piperidine rings is 1. The number of urea groups is 1. The molecule has 0 spiro atoms. The number of hydrogen-bond donors (Lipinski definition) is 3. The van der Waals surface area contributed by atoms with Crippen molar-refractivity contribution in [3.05, 3.63) is 94.8 Å². The number of nitrogens with zero attached hydrogens (tertiary/aromatic N) is 7. The normalized spacial score (nSPS) is 17.0. The third kappa shape index (κ3) is 7.30. The number of anilines is 3. The van der Waals surface area contributed by atoms with E-state index in [0.29, 0.717) is 42.9 Å². The maximum Gasteiger partial charge on any atom is 0.329 e. The Bertz CT molecular complexity index is 1890. The topological polar surface area (TPSA) is 169 Å². The number of hydrogen-bond acceptors (Lipinski definition) is 10. The first-order valence-corrected chi connectivity index (χ1v) is 17.0. The molecule has 3 aliphatic heterocycles. The third-order valence-corrected chi connectivity index (χ3v) is 9.79. The van der Waals surface area contributed by atoms with Gasteiger partial charge in [0.15, 0.2) is 17.7 Å². The molecule has 0 radical (unpaired) electrons. The lowest BCUT2D eigenvalue weighted by atomic mass is 10.0. The molecule has 2 aromatic heterocycles. The van der Waals surface area contributed by atoms with Crippen molar-refractivity contribution in [2.45, 2.75) is 51.0 Å². The minimum atomic E-state index is -0.710. The van der Waals surface area contributed by atoms with Crippen molar-refractivity contribution in [3.8, 4) is 0 Å². The van der Waals surface area contributed by atoms with Gasteiger partial charge in [-0.2, -0.15) is 10.2 Å². The minimum absolute atomic E-state index is 0.150. The molecule has 3 N–H and O–H groups in total. The quantitative estimate of drug-likeness (QED) is 0.224. The summed E-state index contributed by atoms with van der Waals surface area (Å²) < 4.78 is 5.54. The van der Waals surface area contributed by atoms with Crippen LogP contribution in [0.3, 0.4) is 0 Å². The van der Waals surface area contributed by atoms with Crippen LogP contribution in [0.25, 0.3) is 0 Å². The van der Waals surface area contributed by atoms with E-state index in [1.54, 1.807) is 11.0 Å². The summed E-state index contributed by atoms with van der Waals surface area (Å²) in [6.45, 7) is 3.33. The Labute approximate surface area is 294 Å². The standard InChI is InChI=1S/C36H40N10O5/c1-43(20-25-10-13-30(41-39-25)46-19-16-31(47)37-36(46)50)26-14-17-44(18-15-26)27-11-8-24(9-12-27)34(48)38-33-28-21-45(22-29(28)40-42-33)35(49)32(51-2)23-6-4-3-5-7-23/h3-13,26,32H,14-22H2,1-2H3,(H,37,47,50)(H2,38,40,42,48)/t32-/m1/s1. The van der Waals surface area contributed by atoms with Crippen molar-refractivity contribution >= 4 is 41.1 Å². The van der Waals surface area contributed by atoms with Gasteiger partial charge in [-0.1, -0.05) is 30.3 Å². The molecule has 2 aromatic carbocycles. The molecule has 0 saturated carbocycles. The summed E-state index contributed by atoms with van der Waals surface area (Å²) in [7, 11) is 3.61. The summed E-state index contributed by atoms with van der Waals surface area (Å²) in [5.41, 5.74) is 4.74. The second-order valence-corrected chi connectivity index (χ2v) is 13.0. The Kier molecular flexibility index (Phi) is 9.72. The van der Waals surface area contributed by atoms with Crippen LogP contribution in [0.15, 0.2) is 66.7 Å². The number of carbonyl (C=O) groups is 4. The van der Waals surface area contributed by atoms with Gasteiger partial charge in [-0.15, -0.1) is 5.10 Å². The van der Waals surface area contributed by atoms with E-state index in [0.717, 1.165) is 54.1 Å². The van der Waals surface area contributed by atoms with E-state index in [2.05, 4.69) is 47.9 Å². The number of H-pyrrole nitrogens is 1. The number of rotatable bonds is 10. The molecular weight excluding hydrogens is 652 g/mol. The molecule has 3 aliphatic rings. The molecule has 5 heterocycles. The molecule has 0 aliphatic carbocycles. The van der Waals surface area contributed by atoms with Crippen molar-refractivity contribution in [1.82, 2.24) is 35.5 Å². The van der Waals surface area contributed by atoms with Gasteiger partial charge in [0, 0.05) is 62.6 Å². The summed E-state index contributed by atoms with van der Waals surface area (Å²) >= 11 is 0. The van der Waals surface area contributed by atoms with Gasteiger partial charge in [0.2, 0.25) is 5.91 Å². The van der Waals surface area contributed by atoms with Gasteiger partial charge in [-0.25, -0.2) is 4.79 Å². The van der Waals surface area contributed by atoms with Crippen LogP contribution in [0.5, 0.6) is 0 Å². The van der Waals surface area contributed by atoms with Crippen LogP contribution in [0, 0.1) is 0 Å². The number of fused-ring (bicyclic) bond motifs is 1. The van der Waals surface area contributed by atoms with Crippen molar-refractivity contribution in [2.75, 3.05) is 48.9 Å². The predicted molar refractivity (Wildman–Crippen MR) is 188 cm³/mol. The number of aromatic nitrogens is 4. The first kappa shape index (κ1) is 33.8. The zero-order valence-corrected chi connectivity index (χ0v) is 28.5. The van der Waals surface area contributed by atoms with Crippen LogP contribution in [0.4, 0.5) is 22.1 Å². The predicted octanol–water partition coefficient (Wildman–Crippen LogP) is 3.23. The molecular formula is C36H40N10O5. The molecule has 51 heavy (non-hydrogen) atoms. The highest BCUT2D eigenvalue weighted by Crippen LogP contribution is 2.31. The molecule has 15 heteroatoms. The highest BCUT2D eigenvalue weighted by molar-refractivity contribution is 6.05. The second-order valence-electron chi connectivity index (χ2n) is 13.0. The highest BCUT2D eigenvalue weighted by atomic mass is 16.5. The summed E-state index contributed by atoms with van der Waals surface area (Å²) in [4.78, 5) is 57.8. The lowest BCUT2D eigenvalue weighted by Gasteiger charge is -2.37. The first-order chi connectivity index (χ1) is 24.8. The van der Waals surface area contributed by atoms with E-state index in [9.17, 15) is 19.2 Å². The van der Waals surface area contributed by atoms with Gasteiger partial charge in [-0.05, 0) is 61.9 Å². The molecule has 1 atom stereocenters. The fourth-order valence-electron chi connectivity index (χ4n) is 6.89. The second kappa shape index (κ2) is 14.7. The first-order valence-electron chi connectivity index (χ1n) is 17.0. The monoisotopic (exact) mass is 692 g/mol. The van der Waals surface area contributed by atoms with Crippen molar-refractivity contribution < 1.29 is 23.9 Å². The van der Waals surface area contributed by atoms with Crippen molar-refractivity contribution in [1.29, 1.82) is 0 Å². The minimum Gasteiger partial charge on any atom is -0.371 e. The van der Waals surface area contributed by atoms with Crippen LogP contribution in [-0.2, 0) is 34.0 Å². The average Bonchev–Trinajstić information content (AvgIpc) is 3.75. The van der Waals surface area contributed by atoms with Crippen LogP contribution in [0.1, 0.15) is 58.2 Å². The molecule has 2 fully saturated rings. The largest absolute Gasteiger partial charge is 0.371 e. The van der Waals surface area contributed by atoms with Crippen LogP contribution in [-0.4, -0.2) is 93.8 Å². The van der Waals surface area contributed by atoms with E-state index in [1.165, 1.54) is 12.0 Å². The van der Waals surface area contributed by atoms with Gasteiger partial charge in [-0.3, -0.25) is 34.6 Å². The highest BCUT2D eigenvalue weighted by Gasteiger charge is 2.34. The Morgan fingerprint density at radius 1 is 0.980 bits per heavy atom. The number of carbonyl (C=O) groups excluding carboxylic acids is 4. The number of amides is 5. The number of aromatic amines is 1. The molecule has 15 nitrogen and oxygen atoms in total. The zero-order chi connectivity index (χ0) is 35.5. The number of imide groups is 1. The smallest absolute Gasteiger partial charge is 0.329 e. The summed E-state index contributed by atoms with van der Waals surface area (Å²) in [5.74, 6) is 0.136. The number of ether oxygens (including phenoxy) is 1. The zero-order valence-electron chi connectivity index (χ0n) is 28.5. The van der Waals surface area contributed by atoms with Crippen LogP contribution in [0.2, 0.25) is 0 Å². The average molecular weight is 693 g/mol. The Morgan fingerprint density at radius 3 is 2.43 bits per heavy atom. The van der Waals surface area contributed by atoms with Crippen molar-refractivity contribution in [2.24, 2.45) is 0 Å². The van der Waals surface area contributed by atoms with Gasteiger partial charge in [0.05, 0.1) is 24.5 Å². The van der Waals surface area contributed by atoms with E-state index in [4.69, 9.17) is 4.74 Å². The lowest BCUT2D eigenvalue weighted by Crippen LogP contribution is -2.50. The molecule has 264 valence electrons. The van der Waals surface area contributed by atoms with E-state index in [-0.39, 0.29) is 30.7 Å². The maximum atomic E-state index is 13.3. The number of nitrogens with one attached hydrogen (secondary N) is 3. The summed E-state index contributed by atoms with van der Waals surface area (Å²) in [6, 6.07) is 20.5.